The molecule has 280 valence electrons. The van der Waals surface area contributed by atoms with Gasteiger partial charge in [0.1, 0.15) is 23.1 Å². The average Bonchev–Trinajstić information content (AvgIpc) is 3.40. The minimum Gasteiger partial charge on any atom is -0.496 e. The molecular formula is C37H49N7O7S. The molecule has 2 aromatic heterocycles. The molecule has 1 aromatic carbocycles. The number of fused-ring (bicyclic) bond motifs is 3. The number of carbonyl (C=O) groups excluding carboxylic acids is 3. The zero-order valence-electron chi connectivity index (χ0n) is 30.9. The summed E-state index contributed by atoms with van der Waals surface area (Å²) in [5.74, 6) is -1.42. The number of pyridine rings is 1. The zero-order chi connectivity index (χ0) is 37.5. The second kappa shape index (κ2) is 14.5. The van der Waals surface area contributed by atoms with Crippen molar-refractivity contribution in [2.45, 2.75) is 76.9 Å². The number of nitrogens with one attached hydrogen (secondary N) is 2. The molecule has 1 aliphatic heterocycles. The minimum atomic E-state index is -4.11. The number of ether oxygens (including phenoxy) is 2. The maximum absolute atomic E-state index is 14.2. The van der Waals surface area contributed by atoms with Crippen molar-refractivity contribution < 1.29 is 32.3 Å². The Hall–Kier alpha value is -4.50. The van der Waals surface area contributed by atoms with Gasteiger partial charge in [-0.2, -0.15) is 17.8 Å². The summed E-state index contributed by atoms with van der Waals surface area (Å²) in [5, 5.41) is 8.40. The molecule has 0 radical (unpaired) electrons. The largest absolute Gasteiger partial charge is 0.496 e. The number of rotatable bonds is 8. The van der Waals surface area contributed by atoms with E-state index in [1.807, 2.05) is 49.5 Å². The number of hydrogen-bond donors (Lipinski definition) is 2. The number of benzene rings is 1. The second-order valence-electron chi connectivity index (χ2n) is 14.7. The highest BCUT2D eigenvalue weighted by atomic mass is 32.2. The first-order valence-corrected chi connectivity index (χ1v) is 19.3. The Morgan fingerprint density at radius 2 is 1.87 bits per heavy atom. The Kier molecular flexibility index (Phi) is 10.4. The molecule has 2 fully saturated rings. The molecule has 2 N–H and O–H groups in total. The SMILES string of the molecule is COc1ccc2c(O[C@@H]3C[C@H]4C(=O)N[C@]5(C(=O)NS(=O)(=O)N(C)C)C[C@H]5/C=C\CCCCN(C)C(=O)[C@@H]4C3)cc(-n3ccc(C(C)C)n3)nc2c1C. The van der Waals surface area contributed by atoms with E-state index in [4.69, 9.17) is 19.6 Å². The van der Waals surface area contributed by atoms with E-state index in [2.05, 4.69) is 23.9 Å². The molecule has 52 heavy (non-hydrogen) atoms. The monoisotopic (exact) mass is 735 g/mol. The summed E-state index contributed by atoms with van der Waals surface area (Å²) in [6, 6.07) is 7.52. The van der Waals surface area contributed by atoms with Gasteiger partial charge in [-0.1, -0.05) is 26.0 Å². The molecule has 14 nitrogen and oxygen atoms in total. The van der Waals surface area contributed by atoms with Crippen LogP contribution in [0.25, 0.3) is 16.7 Å². The zero-order valence-corrected chi connectivity index (χ0v) is 31.7. The normalized spacial score (nSPS) is 26.1. The van der Waals surface area contributed by atoms with Crippen LogP contribution in [0.4, 0.5) is 0 Å². The number of aryl methyl sites for hydroxylation is 1. The Labute approximate surface area is 305 Å². The highest BCUT2D eigenvalue weighted by Crippen LogP contribution is 2.47. The van der Waals surface area contributed by atoms with Crippen molar-refractivity contribution in [2.24, 2.45) is 17.8 Å². The number of amides is 3. The molecule has 5 atom stereocenters. The first kappa shape index (κ1) is 37.3. The van der Waals surface area contributed by atoms with Gasteiger partial charge in [0.15, 0.2) is 5.82 Å². The highest BCUT2D eigenvalue weighted by molar-refractivity contribution is 7.87. The Bertz CT molecular complexity index is 2010. The Balaban J connectivity index is 1.34. The molecule has 3 amide bonds. The van der Waals surface area contributed by atoms with Crippen molar-refractivity contribution in [2.75, 3.05) is 34.8 Å². The smallest absolute Gasteiger partial charge is 0.303 e. The quantitative estimate of drug-likeness (QED) is 0.329. The molecule has 2 aliphatic carbocycles. The maximum atomic E-state index is 14.2. The van der Waals surface area contributed by atoms with Crippen LogP contribution in [0.1, 0.15) is 69.5 Å². The number of carbonyl (C=O) groups is 3. The van der Waals surface area contributed by atoms with Gasteiger partial charge in [0.25, 0.3) is 5.91 Å². The van der Waals surface area contributed by atoms with Crippen LogP contribution in [0.5, 0.6) is 11.5 Å². The molecule has 3 aromatic rings. The van der Waals surface area contributed by atoms with Crippen LogP contribution in [0.3, 0.4) is 0 Å². The van der Waals surface area contributed by atoms with Crippen molar-refractivity contribution in [1.82, 2.24) is 34.0 Å². The van der Waals surface area contributed by atoms with Gasteiger partial charge in [-0.3, -0.25) is 14.4 Å². The second-order valence-corrected chi connectivity index (χ2v) is 16.6. The molecule has 3 aliphatic rings. The molecule has 3 heterocycles. The first-order valence-electron chi connectivity index (χ1n) is 17.8. The van der Waals surface area contributed by atoms with Gasteiger partial charge in [-0.05, 0) is 69.6 Å². The van der Waals surface area contributed by atoms with E-state index in [1.54, 1.807) is 23.7 Å². The van der Waals surface area contributed by atoms with Crippen LogP contribution < -0.4 is 19.5 Å². The van der Waals surface area contributed by atoms with Gasteiger partial charge in [0.2, 0.25) is 11.8 Å². The predicted octanol–water partition coefficient (Wildman–Crippen LogP) is 3.63. The number of aromatic nitrogens is 3. The summed E-state index contributed by atoms with van der Waals surface area (Å²) in [7, 11) is 1.89. The van der Waals surface area contributed by atoms with Crippen LogP contribution in [0.15, 0.2) is 42.6 Å². The van der Waals surface area contributed by atoms with Gasteiger partial charge in [-0.15, -0.1) is 0 Å². The van der Waals surface area contributed by atoms with E-state index in [-0.39, 0.29) is 37.0 Å². The van der Waals surface area contributed by atoms with Crippen molar-refractivity contribution in [3.8, 4) is 17.3 Å². The fraction of sp³-hybridized carbons (Fsp3) is 0.541. The summed E-state index contributed by atoms with van der Waals surface area (Å²) >= 11 is 0. The lowest BCUT2D eigenvalue weighted by Crippen LogP contribution is -2.55. The van der Waals surface area contributed by atoms with Crippen LogP contribution in [-0.2, 0) is 24.6 Å². The van der Waals surface area contributed by atoms with E-state index in [1.165, 1.54) is 14.1 Å². The Morgan fingerprint density at radius 3 is 2.56 bits per heavy atom. The highest BCUT2D eigenvalue weighted by Gasteiger charge is 2.62. The molecule has 15 heteroatoms. The molecule has 0 spiro atoms. The average molecular weight is 736 g/mol. The summed E-state index contributed by atoms with van der Waals surface area (Å²) < 4.78 is 42.4. The molecular weight excluding hydrogens is 687 g/mol. The van der Waals surface area contributed by atoms with Crippen LogP contribution in [0, 0.1) is 24.7 Å². The van der Waals surface area contributed by atoms with E-state index in [0.717, 1.165) is 40.2 Å². The summed E-state index contributed by atoms with van der Waals surface area (Å²) in [4.78, 5) is 48.5. The standard InChI is InChI=1S/C37H49N7O7S/c1-22(2)29-15-17-44(40-29)32-20-31(26-13-14-30(50-7)23(3)33(26)38-32)51-25-18-27-28(19-25)35(46)43(6)16-11-9-8-10-12-24-21-37(24,39-34(27)45)36(47)41-52(48,49)42(4)5/h10,12-15,17,20,22,24-25,27-28H,8-9,11,16,18-19,21H2,1-7H3,(H,39,45)(H,41,47)/b12-10-/t24-,25-,27-,28-,37-/m1/s1. The van der Waals surface area contributed by atoms with E-state index < -0.39 is 45.5 Å². The molecule has 0 saturated heterocycles. The van der Waals surface area contributed by atoms with Crippen LogP contribution >= 0.6 is 0 Å². The topological polar surface area (TPSA) is 165 Å². The summed E-state index contributed by atoms with van der Waals surface area (Å²) in [6.07, 6.45) is 8.22. The number of methoxy groups -OCH3 is 1. The van der Waals surface area contributed by atoms with Gasteiger partial charge in [0.05, 0.1) is 30.2 Å². The lowest BCUT2D eigenvalue weighted by Gasteiger charge is -2.27. The van der Waals surface area contributed by atoms with Crippen molar-refractivity contribution >= 4 is 38.8 Å². The number of hydrogen-bond acceptors (Lipinski definition) is 9. The van der Waals surface area contributed by atoms with Gasteiger partial charge < -0.3 is 19.7 Å². The fourth-order valence-electron chi connectivity index (χ4n) is 7.26. The van der Waals surface area contributed by atoms with Gasteiger partial charge in [0, 0.05) is 56.8 Å². The third-order valence-corrected chi connectivity index (χ3v) is 12.0. The fourth-order valence-corrected chi connectivity index (χ4v) is 7.86. The first-order chi connectivity index (χ1) is 24.6. The minimum absolute atomic E-state index is 0.168. The lowest BCUT2D eigenvalue weighted by molar-refractivity contribution is -0.140. The third-order valence-electron chi connectivity index (χ3n) is 10.6. The molecule has 0 bridgehead atoms. The van der Waals surface area contributed by atoms with E-state index >= 15 is 0 Å². The Morgan fingerprint density at radius 1 is 1.12 bits per heavy atom. The van der Waals surface area contributed by atoms with E-state index in [0.29, 0.717) is 29.4 Å². The van der Waals surface area contributed by atoms with Crippen LogP contribution in [-0.4, -0.2) is 96.5 Å². The number of nitrogens with zero attached hydrogens (tertiary/aromatic N) is 5. The van der Waals surface area contributed by atoms with Gasteiger partial charge in [-0.25, -0.2) is 14.4 Å². The third kappa shape index (κ3) is 7.25. The van der Waals surface area contributed by atoms with Crippen molar-refractivity contribution in [3.63, 3.8) is 0 Å². The summed E-state index contributed by atoms with van der Waals surface area (Å²) in [5.41, 5.74) is 0.958. The van der Waals surface area contributed by atoms with Crippen molar-refractivity contribution in [1.29, 1.82) is 0 Å². The maximum Gasteiger partial charge on any atom is 0.303 e. The number of allylic oxidation sites excluding steroid dienone is 1. The lowest BCUT2D eigenvalue weighted by atomic mass is 9.93. The molecule has 6 rings (SSSR count). The molecule has 0 unspecified atom stereocenters. The van der Waals surface area contributed by atoms with Gasteiger partial charge >= 0.3 is 10.2 Å². The van der Waals surface area contributed by atoms with E-state index in [9.17, 15) is 22.8 Å². The van der Waals surface area contributed by atoms with Crippen molar-refractivity contribution in [3.05, 3.63) is 53.9 Å². The van der Waals surface area contributed by atoms with Crippen LogP contribution in [0.2, 0.25) is 0 Å². The predicted molar refractivity (Wildman–Crippen MR) is 195 cm³/mol. The summed E-state index contributed by atoms with van der Waals surface area (Å²) in [6.45, 7) is 6.61. The molecule has 2 saturated carbocycles.